The zero-order valence-electron chi connectivity index (χ0n) is 6.83. The average Bonchev–Trinajstić information content (AvgIpc) is 2.47. The number of halogens is 2. The van der Waals surface area contributed by atoms with Gasteiger partial charge >= 0.3 is 0 Å². The third-order valence-corrected chi connectivity index (χ3v) is 2.05. The predicted octanol–water partition coefficient (Wildman–Crippen LogP) is 1.99. The summed E-state index contributed by atoms with van der Waals surface area (Å²) in [6.07, 6.45) is 0.760. The Bertz CT molecular complexity index is 451. The number of hydrogen-bond donors (Lipinski definition) is 0. The number of rotatable bonds is 1. The lowest BCUT2D eigenvalue weighted by Crippen LogP contribution is -1.93. The van der Waals surface area contributed by atoms with Gasteiger partial charge in [-0.25, -0.2) is 9.97 Å². The van der Waals surface area contributed by atoms with Gasteiger partial charge in [0.05, 0.1) is 0 Å². The molecule has 0 unspecified atom stereocenters. The van der Waals surface area contributed by atoms with Crippen LogP contribution in [0.5, 0.6) is 0 Å². The molecule has 0 saturated heterocycles. The summed E-state index contributed by atoms with van der Waals surface area (Å²) >= 11 is 11.5. The van der Waals surface area contributed by atoms with E-state index in [1.807, 2.05) is 6.92 Å². The molecule has 0 aliphatic heterocycles. The van der Waals surface area contributed by atoms with E-state index >= 15 is 0 Å². The zero-order chi connectivity index (χ0) is 9.42. The highest BCUT2D eigenvalue weighted by Gasteiger charge is 2.06. The molecule has 13 heavy (non-hydrogen) atoms. The van der Waals surface area contributed by atoms with Gasteiger partial charge in [0.15, 0.2) is 11.5 Å². The van der Waals surface area contributed by atoms with Crippen molar-refractivity contribution < 1.29 is 0 Å². The summed E-state index contributed by atoms with van der Waals surface area (Å²) in [5, 5.41) is 4.68. The third-order valence-electron chi connectivity index (χ3n) is 1.61. The summed E-state index contributed by atoms with van der Waals surface area (Å²) in [6.45, 7) is 1.97. The fraction of sp³-hybridized carbons (Fsp3) is 0.286. The van der Waals surface area contributed by atoms with Crippen LogP contribution in [-0.4, -0.2) is 19.6 Å². The zero-order valence-corrected chi connectivity index (χ0v) is 8.34. The van der Waals surface area contributed by atoms with Crippen LogP contribution in [0.25, 0.3) is 5.65 Å². The summed E-state index contributed by atoms with van der Waals surface area (Å²) < 4.78 is 1.46. The second-order valence-electron chi connectivity index (χ2n) is 2.50. The fourth-order valence-corrected chi connectivity index (χ4v) is 1.46. The topological polar surface area (TPSA) is 43.1 Å². The lowest BCUT2D eigenvalue weighted by Gasteiger charge is -1.93. The van der Waals surface area contributed by atoms with E-state index in [9.17, 15) is 0 Å². The van der Waals surface area contributed by atoms with Crippen LogP contribution < -0.4 is 0 Å². The molecule has 0 aliphatic rings. The highest BCUT2D eigenvalue weighted by Crippen LogP contribution is 2.14. The van der Waals surface area contributed by atoms with Crippen molar-refractivity contribution in [1.82, 2.24) is 19.6 Å². The molecule has 6 heteroatoms. The number of nitrogens with zero attached hydrogens (tertiary/aromatic N) is 4. The normalized spacial score (nSPS) is 11.0. The van der Waals surface area contributed by atoms with E-state index in [0.717, 1.165) is 12.2 Å². The second-order valence-corrected chi connectivity index (χ2v) is 3.22. The molecule has 0 radical (unpaired) electrons. The Labute approximate surface area is 84.5 Å². The van der Waals surface area contributed by atoms with Crippen LogP contribution in [0.1, 0.15) is 12.7 Å². The Morgan fingerprint density at radius 2 is 2.15 bits per heavy atom. The second kappa shape index (κ2) is 3.12. The molecule has 2 heterocycles. The van der Waals surface area contributed by atoms with Crippen molar-refractivity contribution in [2.45, 2.75) is 13.3 Å². The molecule has 2 rings (SSSR count). The molecule has 0 amide bonds. The largest absolute Gasteiger partial charge is 0.227 e. The van der Waals surface area contributed by atoms with Gasteiger partial charge in [0, 0.05) is 12.5 Å². The monoisotopic (exact) mass is 216 g/mol. The Morgan fingerprint density at radius 3 is 2.85 bits per heavy atom. The first-order chi connectivity index (χ1) is 6.20. The summed E-state index contributed by atoms with van der Waals surface area (Å²) in [6, 6.07) is 1.62. The maximum absolute atomic E-state index is 5.80. The predicted molar refractivity (Wildman–Crippen MR) is 50.2 cm³/mol. The lowest BCUT2D eigenvalue weighted by atomic mass is 10.5. The van der Waals surface area contributed by atoms with Gasteiger partial charge in [-0.05, 0) is 11.6 Å². The Balaban J connectivity index is 2.75. The first-order valence-electron chi connectivity index (χ1n) is 3.78. The van der Waals surface area contributed by atoms with E-state index in [2.05, 4.69) is 15.1 Å². The summed E-state index contributed by atoms with van der Waals surface area (Å²) in [5.41, 5.74) is 0.627. The fourth-order valence-electron chi connectivity index (χ4n) is 1.02. The maximum atomic E-state index is 5.80. The Hall–Kier alpha value is -0.870. The SMILES string of the molecule is CCc1nc2cc(Cl)nc(Cl)n2n1. The maximum Gasteiger partial charge on any atom is 0.227 e. The molecule has 68 valence electrons. The van der Waals surface area contributed by atoms with Crippen molar-refractivity contribution in [3.05, 3.63) is 22.3 Å². The van der Waals surface area contributed by atoms with Crippen molar-refractivity contribution >= 4 is 28.8 Å². The third kappa shape index (κ3) is 1.47. The van der Waals surface area contributed by atoms with Crippen LogP contribution >= 0.6 is 23.2 Å². The highest BCUT2D eigenvalue weighted by molar-refractivity contribution is 6.32. The molecule has 0 aromatic carbocycles. The first kappa shape index (κ1) is 8.72. The van der Waals surface area contributed by atoms with Gasteiger partial charge in [0.2, 0.25) is 5.28 Å². The molecule has 0 fully saturated rings. The van der Waals surface area contributed by atoms with Gasteiger partial charge < -0.3 is 0 Å². The van der Waals surface area contributed by atoms with Gasteiger partial charge in [-0.15, -0.1) is 5.10 Å². The molecule has 0 atom stereocenters. The van der Waals surface area contributed by atoms with Crippen LogP contribution in [0.2, 0.25) is 10.4 Å². The van der Waals surface area contributed by atoms with E-state index in [-0.39, 0.29) is 5.28 Å². The minimum Gasteiger partial charge on any atom is -0.212 e. The lowest BCUT2D eigenvalue weighted by molar-refractivity contribution is 0.867. The molecule has 2 aromatic heterocycles. The van der Waals surface area contributed by atoms with Crippen LogP contribution in [0.3, 0.4) is 0 Å². The minimum absolute atomic E-state index is 0.231. The van der Waals surface area contributed by atoms with Gasteiger partial charge in [-0.2, -0.15) is 4.52 Å². The average molecular weight is 217 g/mol. The van der Waals surface area contributed by atoms with E-state index in [4.69, 9.17) is 23.2 Å². The van der Waals surface area contributed by atoms with E-state index in [0.29, 0.717) is 10.8 Å². The Morgan fingerprint density at radius 1 is 1.38 bits per heavy atom. The number of hydrogen-bond acceptors (Lipinski definition) is 3. The van der Waals surface area contributed by atoms with Gasteiger partial charge in [-0.3, -0.25) is 0 Å². The molecule has 0 aliphatic carbocycles. The van der Waals surface area contributed by atoms with Crippen molar-refractivity contribution in [2.75, 3.05) is 0 Å². The molecule has 0 saturated carbocycles. The minimum atomic E-state index is 0.231. The van der Waals surface area contributed by atoms with E-state index < -0.39 is 0 Å². The quantitative estimate of drug-likeness (QED) is 0.541. The highest BCUT2D eigenvalue weighted by atomic mass is 35.5. The van der Waals surface area contributed by atoms with E-state index in [1.54, 1.807) is 6.07 Å². The van der Waals surface area contributed by atoms with Crippen molar-refractivity contribution in [3.8, 4) is 0 Å². The first-order valence-corrected chi connectivity index (χ1v) is 4.54. The van der Waals surface area contributed by atoms with Crippen molar-refractivity contribution in [2.24, 2.45) is 0 Å². The number of aryl methyl sites for hydroxylation is 1. The molecule has 2 aromatic rings. The molecule has 0 N–H and O–H groups in total. The van der Waals surface area contributed by atoms with Crippen LogP contribution in [0.4, 0.5) is 0 Å². The van der Waals surface area contributed by atoms with Crippen molar-refractivity contribution in [1.29, 1.82) is 0 Å². The number of aromatic nitrogens is 4. The summed E-state index contributed by atoms with van der Waals surface area (Å²) in [4.78, 5) is 8.04. The number of fused-ring (bicyclic) bond motifs is 1. The molecule has 4 nitrogen and oxygen atoms in total. The molecular formula is C7H6Cl2N4. The van der Waals surface area contributed by atoms with Gasteiger partial charge in [0.1, 0.15) is 5.15 Å². The summed E-state index contributed by atoms with van der Waals surface area (Å²) in [7, 11) is 0. The Kier molecular flexibility index (Phi) is 2.09. The van der Waals surface area contributed by atoms with Crippen LogP contribution in [0, 0.1) is 0 Å². The van der Waals surface area contributed by atoms with Crippen molar-refractivity contribution in [3.63, 3.8) is 0 Å². The van der Waals surface area contributed by atoms with E-state index in [1.165, 1.54) is 4.52 Å². The van der Waals surface area contributed by atoms with Crippen LogP contribution in [-0.2, 0) is 6.42 Å². The molecular weight excluding hydrogens is 211 g/mol. The smallest absolute Gasteiger partial charge is 0.212 e. The van der Waals surface area contributed by atoms with Gasteiger partial charge in [-0.1, -0.05) is 18.5 Å². The standard InChI is InChI=1S/C7H6Cl2N4/c1-2-5-11-6-3-4(8)10-7(9)13(6)12-5/h3H,2H2,1H3. The summed E-state index contributed by atoms with van der Waals surface area (Å²) in [5.74, 6) is 0.728. The molecule has 0 bridgehead atoms. The van der Waals surface area contributed by atoms with Crippen LogP contribution in [0.15, 0.2) is 6.07 Å². The van der Waals surface area contributed by atoms with Gasteiger partial charge in [0.25, 0.3) is 0 Å². The molecule has 0 spiro atoms.